The zero-order valence-electron chi connectivity index (χ0n) is 19.0. The molecule has 0 fully saturated rings. The third-order valence-corrected chi connectivity index (χ3v) is 6.35. The van der Waals surface area contributed by atoms with Gasteiger partial charge in [0.1, 0.15) is 6.61 Å². The number of carbonyl (C=O) groups excluding carboxylic acids is 2. The monoisotopic (exact) mass is 466 g/mol. The second-order valence-electron chi connectivity index (χ2n) is 8.30. The first-order chi connectivity index (χ1) is 15.9. The van der Waals surface area contributed by atoms with Gasteiger partial charge in [-0.05, 0) is 42.7 Å². The number of halogens is 1. The summed E-state index contributed by atoms with van der Waals surface area (Å²) in [4.78, 5) is 28.2. The van der Waals surface area contributed by atoms with Gasteiger partial charge in [-0.15, -0.1) is 0 Å². The standard InChI is InChI=1S/C26H27ClN2O4/c1-16-22(25(30)32-3)24(18-9-6-10-21(27)13-18)23(17(2)28-16)26(31)33-12-11-29-14-19-7-4-5-8-20(19)15-29/h4-10,13,24,28H,11-12,14-15H2,1-3H3. The Morgan fingerprint density at radius 1 is 1.00 bits per heavy atom. The fourth-order valence-corrected chi connectivity index (χ4v) is 4.77. The van der Waals surface area contributed by atoms with Crippen LogP contribution in [0.5, 0.6) is 0 Å². The van der Waals surface area contributed by atoms with E-state index in [0.717, 1.165) is 18.7 Å². The van der Waals surface area contributed by atoms with Gasteiger partial charge in [-0.25, -0.2) is 9.59 Å². The van der Waals surface area contributed by atoms with Gasteiger partial charge in [-0.3, -0.25) is 4.90 Å². The maximum atomic E-state index is 13.3. The molecule has 4 rings (SSSR count). The van der Waals surface area contributed by atoms with Crippen LogP contribution in [0.3, 0.4) is 0 Å². The van der Waals surface area contributed by atoms with Crippen molar-refractivity contribution < 1.29 is 19.1 Å². The second kappa shape index (κ2) is 9.81. The molecule has 0 amide bonds. The third-order valence-electron chi connectivity index (χ3n) is 6.11. The Hall–Kier alpha value is -3.09. The molecule has 172 valence electrons. The van der Waals surface area contributed by atoms with Crippen LogP contribution in [0, 0.1) is 0 Å². The van der Waals surface area contributed by atoms with Crippen LogP contribution < -0.4 is 5.32 Å². The number of hydrogen-bond acceptors (Lipinski definition) is 6. The molecule has 0 spiro atoms. The number of hydrogen-bond donors (Lipinski definition) is 1. The van der Waals surface area contributed by atoms with Crippen LogP contribution in [0.2, 0.25) is 5.02 Å². The number of fused-ring (bicyclic) bond motifs is 1. The number of rotatable bonds is 6. The summed E-state index contributed by atoms with van der Waals surface area (Å²) in [6.07, 6.45) is 0. The maximum absolute atomic E-state index is 13.3. The van der Waals surface area contributed by atoms with Gasteiger partial charge in [0.05, 0.1) is 24.2 Å². The molecule has 2 aliphatic rings. The zero-order chi connectivity index (χ0) is 23.5. The van der Waals surface area contributed by atoms with Crippen molar-refractivity contribution in [3.8, 4) is 0 Å². The molecule has 1 N–H and O–H groups in total. The average molecular weight is 467 g/mol. The summed E-state index contributed by atoms with van der Waals surface area (Å²) in [6, 6.07) is 15.5. The van der Waals surface area contributed by atoms with Gasteiger partial charge >= 0.3 is 11.9 Å². The van der Waals surface area contributed by atoms with Gasteiger partial charge < -0.3 is 14.8 Å². The average Bonchev–Trinajstić information content (AvgIpc) is 3.20. The van der Waals surface area contributed by atoms with E-state index < -0.39 is 17.9 Å². The van der Waals surface area contributed by atoms with Crippen molar-refractivity contribution in [2.75, 3.05) is 20.3 Å². The van der Waals surface area contributed by atoms with Crippen molar-refractivity contribution in [3.05, 3.63) is 92.8 Å². The highest BCUT2D eigenvalue weighted by atomic mass is 35.5. The van der Waals surface area contributed by atoms with Crippen LogP contribution in [0.15, 0.2) is 71.1 Å². The summed E-state index contributed by atoms with van der Waals surface area (Å²) < 4.78 is 10.7. The molecule has 0 saturated heterocycles. The van der Waals surface area contributed by atoms with E-state index in [0.29, 0.717) is 34.1 Å². The van der Waals surface area contributed by atoms with E-state index in [1.165, 1.54) is 18.2 Å². The third kappa shape index (κ3) is 4.82. The topological polar surface area (TPSA) is 67.9 Å². The predicted molar refractivity (Wildman–Crippen MR) is 126 cm³/mol. The second-order valence-corrected chi connectivity index (χ2v) is 8.73. The van der Waals surface area contributed by atoms with Crippen molar-refractivity contribution in [1.82, 2.24) is 10.2 Å². The Morgan fingerprint density at radius 2 is 1.64 bits per heavy atom. The fourth-order valence-electron chi connectivity index (χ4n) is 4.57. The molecule has 1 unspecified atom stereocenters. The Bertz CT molecular complexity index is 1130. The number of carbonyl (C=O) groups is 2. The van der Waals surface area contributed by atoms with E-state index in [4.69, 9.17) is 21.1 Å². The number of esters is 2. The molecule has 0 bridgehead atoms. The maximum Gasteiger partial charge on any atom is 0.336 e. The van der Waals surface area contributed by atoms with Crippen molar-refractivity contribution in [2.45, 2.75) is 32.9 Å². The van der Waals surface area contributed by atoms with Gasteiger partial charge in [0.25, 0.3) is 0 Å². The van der Waals surface area contributed by atoms with Gasteiger partial charge in [0.2, 0.25) is 0 Å². The van der Waals surface area contributed by atoms with Crippen LogP contribution in [-0.2, 0) is 32.2 Å². The molecule has 1 atom stereocenters. The van der Waals surface area contributed by atoms with Crippen molar-refractivity contribution in [3.63, 3.8) is 0 Å². The highest BCUT2D eigenvalue weighted by molar-refractivity contribution is 6.30. The Kier molecular flexibility index (Phi) is 6.86. The molecule has 2 aromatic carbocycles. The van der Waals surface area contributed by atoms with Gasteiger partial charge in [0, 0.05) is 36.1 Å². The first-order valence-electron chi connectivity index (χ1n) is 10.9. The molecule has 6 nitrogen and oxygen atoms in total. The van der Waals surface area contributed by atoms with Gasteiger partial charge in [-0.1, -0.05) is 48.0 Å². The first-order valence-corrected chi connectivity index (χ1v) is 11.3. The molecule has 33 heavy (non-hydrogen) atoms. The predicted octanol–water partition coefficient (Wildman–Crippen LogP) is 4.31. The molecule has 2 aliphatic heterocycles. The summed E-state index contributed by atoms with van der Waals surface area (Å²) in [7, 11) is 1.33. The molecule has 7 heteroatoms. The summed E-state index contributed by atoms with van der Waals surface area (Å²) in [5, 5.41) is 3.67. The Balaban J connectivity index is 1.53. The fraction of sp³-hybridized carbons (Fsp3) is 0.308. The van der Waals surface area contributed by atoms with Crippen molar-refractivity contribution in [1.29, 1.82) is 0 Å². The SMILES string of the molecule is COC(=O)C1=C(C)NC(C)=C(C(=O)OCCN2Cc3ccccc3C2)C1c1cccc(Cl)c1. The van der Waals surface area contributed by atoms with Crippen LogP contribution in [0.1, 0.15) is 36.5 Å². The van der Waals surface area contributed by atoms with Crippen LogP contribution in [0.4, 0.5) is 0 Å². The van der Waals surface area contributed by atoms with Crippen LogP contribution in [0.25, 0.3) is 0 Å². The Labute approximate surface area is 198 Å². The van der Waals surface area contributed by atoms with E-state index in [2.05, 4.69) is 22.3 Å². The normalized spacial score (nSPS) is 18.1. The van der Waals surface area contributed by atoms with E-state index in [9.17, 15) is 9.59 Å². The number of methoxy groups -OCH3 is 1. The van der Waals surface area contributed by atoms with E-state index in [1.54, 1.807) is 25.1 Å². The summed E-state index contributed by atoms with van der Waals surface area (Å²) in [6.45, 7) is 6.17. The molecule has 0 saturated carbocycles. The zero-order valence-corrected chi connectivity index (χ0v) is 19.7. The molecule has 2 aromatic rings. The quantitative estimate of drug-likeness (QED) is 0.640. The highest BCUT2D eigenvalue weighted by Crippen LogP contribution is 2.39. The van der Waals surface area contributed by atoms with Crippen LogP contribution >= 0.6 is 11.6 Å². The number of dihydropyridines is 1. The lowest BCUT2D eigenvalue weighted by atomic mass is 9.80. The van der Waals surface area contributed by atoms with E-state index in [-0.39, 0.29) is 6.61 Å². The largest absolute Gasteiger partial charge is 0.466 e. The van der Waals surface area contributed by atoms with Crippen LogP contribution in [-0.4, -0.2) is 37.1 Å². The van der Waals surface area contributed by atoms with Gasteiger partial charge in [0.15, 0.2) is 0 Å². The smallest absolute Gasteiger partial charge is 0.336 e. The minimum Gasteiger partial charge on any atom is -0.466 e. The number of nitrogens with zero attached hydrogens (tertiary/aromatic N) is 1. The van der Waals surface area contributed by atoms with E-state index >= 15 is 0 Å². The van der Waals surface area contributed by atoms with E-state index in [1.807, 2.05) is 25.1 Å². The molecular weight excluding hydrogens is 440 g/mol. The van der Waals surface area contributed by atoms with Crippen molar-refractivity contribution >= 4 is 23.5 Å². The number of ether oxygens (including phenoxy) is 2. The number of benzene rings is 2. The highest BCUT2D eigenvalue weighted by Gasteiger charge is 2.38. The Morgan fingerprint density at radius 3 is 2.24 bits per heavy atom. The number of allylic oxidation sites excluding steroid dienone is 2. The lowest BCUT2D eigenvalue weighted by molar-refractivity contribution is -0.140. The first kappa shape index (κ1) is 23.1. The lowest BCUT2D eigenvalue weighted by Crippen LogP contribution is -2.33. The lowest BCUT2D eigenvalue weighted by Gasteiger charge is -2.30. The molecule has 0 radical (unpaired) electrons. The molecule has 2 heterocycles. The minimum absolute atomic E-state index is 0.252. The molecule has 0 aliphatic carbocycles. The molecule has 0 aromatic heterocycles. The molecular formula is C26H27ClN2O4. The van der Waals surface area contributed by atoms with Crippen molar-refractivity contribution in [2.24, 2.45) is 0 Å². The van der Waals surface area contributed by atoms with Gasteiger partial charge in [-0.2, -0.15) is 0 Å². The summed E-state index contributed by atoms with van der Waals surface area (Å²) >= 11 is 6.23. The summed E-state index contributed by atoms with van der Waals surface area (Å²) in [5.74, 6) is -1.60. The number of nitrogens with one attached hydrogen (secondary N) is 1. The minimum atomic E-state index is -0.638. The summed E-state index contributed by atoms with van der Waals surface area (Å²) in [5.41, 5.74) is 5.37.